The molecule has 1 aromatic heterocycles. The van der Waals surface area contributed by atoms with E-state index < -0.39 is 5.76 Å². The van der Waals surface area contributed by atoms with Crippen LogP contribution in [-0.4, -0.2) is 16.1 Å². The van der Waals surface area contributed by atoms with Crippen LogP contribution in [0, 0.1) is 0 Å². The number of aromatic amines is 1. The average molecular weight is 273 g/mol. The van der Waals surface area contributed by atoms with Crippen LogP contribution in [0.25, 0.3) is 0 Å². The van der Waals surface area contributed by atoms with Gasteiger partial charge >= 0.3 is 5.76 Å². The van der Waals surface area contributed by atoms with Crippen molar-refractivity contribution < 1.29 is 9.15 Å². The number of halogens is 1. The highest BCUT2D eigenvalue weighted by atomic mass is 35.5. The van der Waals surface area contributed by atoms with Crippen molar-refractivity contribution in [1.82, 2.24) is 10.2 Å². The summed E-state index contributed by atoms with van der Waals surface area (Å²) in [6, 6.07) is 7.15. The van der Waals surface area contributed by atoms with Crippen LogP contribution >= 0.6 is 23.4 Å². The van der Waals surface area contributed by atoms with E-state index in [9.17, 15) is 4.79 Å². The number of ether oxygens (including phenoxy) is 1. The van der Waals surface area contributed by atoms with Crippen LogP contribution < -0.4 is 10.5 Å². The number of thioether (sulfide) groups is 1. The van der Waals surface area contributed by atoms with Crippen LogP contribution in [0.3, 0.4) is 0 Å². The molecule has 2 aromatic rings. The Balaban J connectivity index is 1.75. The van der Waals surface area contributed by atoms with E-state index in [-0.39, 0.29) is 0 Å². The Morgan fingerprint density at radius 3 is 3.12 bits per heavy atom. The summed E-state index contributed by atoms with van der Waals surface area (Å²) in [6.45, 7) is 0. The summed E-state index contributed by atoms with van der Waals surface area (Å²) < 4.78 is 10.2. The van der Waals surface area contributed by atoms with E-state index in [1.807, 2.05) is 12.1 Å². The van der Waals surface area contributed by atoms with Crippen LogP contribution in [0.5, 0.6) is 5.75 Å². The van der Waals surface area contributed by atoms with Gasteiger partial charge in [-0.3, -0.25) is 0 Å². The maximum absolute atomic E-state index is 10.6. The lowest BCUT2D eigenvalue weighted by molar-refractivity contribution is 0.392. The van der Waals surface area contributed by atoms with Gasteiger partial charge in [0.15, 0.2) is 0 Å². The van der Waals surface area contributed by atoms with E-state index >= 15 is 0 Å². The molecule has 0 saturated heterocycles. The Morgan fingerprint density at radius 1 is 1.53 bits per heavy atom. The monoisotopic (exact) mass is 272 g/mol. The summed E-state index contributed by atoms with van der Waals surface area (Å²) in [6.07, 6.45) is 0. The predicted octanol–water partition coefficient (Wildman–Crippen LogP) is 2.29. The van der Waals surface area contributed by atoms with E-state index in [0.717, 1.165) is 0 Å². The molecule has 0 saturated carbocycles. The Kier molecular flexibility index (Phi) is 4.11. The molecule has 0 atom stereocenters. The lowest BCUT2D eigenvalue weighted by atomic mass is 10.3. The highest BCUT2D eigenvalue weighted by Crippen LogP contribution is 2.19. The van der Waals surface area contributed by atoms with Gasteiger partial charge in [0.2, 0.25) is 5.89 Å². The fourth-order valence-corrected chi connectivity index (χ4v) is 1.90. The van der Waals surface area contributed by atoms with Crippen LogP contribution in [0.2, 0.25) is 5.02 Å². The Hall–Kier alpha value is -1.40. The number of benzene rings is 1. The second kappa shape index (κ2) is 5.79. The predicted molar refractivity (Wildman–Crippen MR) is 65.4 cm³/mol. The summed E-state index contributed by atoms with van der Waals surface area (Å²) in [5.41, 5.74) is 0. The third-order valence-corrected chi connectivity index (χ3v) is 2.78. The molecule has 0 spiro atoms. The highest BCUT2D eigenvalue weighted by molar-refractivity contribution is 7.98. The molecule has 0 unspecified atom stereocenters. The van der Waals surface area contributed by atoms with E-state index in [1.54, 1.807) is 12.1 Å². The van der Waals surface area contributed by atoms with Gasteiger partial charge in [0, 0.05) is 5.02 Å². The van der Waals surface area contributed by atoms with E-state index in [1.165, 1.54) is 11.8 Å². The molecule has 0 radical (unpaired) electrons. The van der Waals surface area contributed by atoms with Gasteiger partial charge in [0.1, 0.15) is 11.7 Å². The second-order valence-electron chi connectivity index (χ2n) is 3.07. The van der Waals surface area contributed by atoms with Crippen LogP contribution in [0.15, 0.2) is 33.5 Å². The lowest BCUT2D eigenvalue weighted by Gasteiger charge is -2.04. The Labute approximate surface area is 106 Å². The summed E-state index contributed by atoms with van der Waals surface area (Å²) in [7, 11) is 0. The van der Waals surface area contributed by atoms with E-state index in [4.69, 9.17) is 20.8 Å². The molecule has 2 rings (SSSR count). The molecule has 0 bridgehead atoms. The van der Waals surface area contributed by atoms with Crippen LogP contribution in [-0.2, 0) is 5.75 Å². The highest BCUT2D eigenvalue weighted by Gasteiger charge is 2.01. The fourth-order valence-electron chi connectivity index (χ4n) is 1.12. The second-order valence-corrected chi connectivity index (χ2v) is 4.44. The minimum Gasteiger partial charge on any atom is -0.483 e. The van der Waals surface area contributed by atoms with Crippen molar-refractivity contribution in [3.05, 3.63) is 45.7 Å². The number of H-pyrrole nitrogens is 1. The number of hydrogen-bond acceptors (Lipinski definition) is 5. The zero-order chi connectivity index (χ0) is 12.1. The first-order valence-corrected chi connectivity index (χ1v) is 6.28. The maximum atomic E-state index is 10.6. The van der Waals surface area contributed by atoms with Crippen molar-refractivity contribution in [3.8, 4) is 5.75 Å². The number of rotatable bonds is 5. The van der Waals surface area contributed by atoms with Gasteiger partial charge in [-0.15, -0.1) is 16.9 Å². The zero-order valence-electron chi connectivity index (χ0n) is 8.68. The third kappa shape index (κ3) is 3.83. The number of hydrogen-bond donors (Lipinski definition) is 1. The molecule has 0 aliphatic rings. The zero-order valence-corrected chi connectivity index (χ0v) is 10.3. The molecule has 0 aliphatic heterocycles. The third-order valence-electron chi connectivity index (χ3n) is 1.81. The first kappa shape index (κ1) is 12.1. The molecular weight excluding hydrogens is 264 g/mol. The van der Waals surface area contributed by atoms with Gasteiger partial charge in [0.25, 0.3) is 0 Å². The average Bonchev–Trinajstić information content (AvgIpc) is 2.71. The van der Waals surface area contributed by atoms with Crippen molar-refractivity contribution in [2.45, 2.75) is 5.75 Å². The van der Waals surface area contributed by atoms with Crippen molar-refractivity contribution in [3.63, 3.8) is 0 Å². The molecule has 7 heteroatoms. The molecule has 5 nitrogen and oxygen atoms in total. The van der Waals surface area contributed by atoms with Crippen molar-refractivity contribution in [2.24, 2.45) is 0 Å². The van der Waals surface area contributed by atoms with Gasteiger partial charge < -0.3 is 9.15 Å². The van der Waals surface area contributed by atoms with Crippen molar-refractivity contribution >= 4 is 23.4 Å². The first-order chi connectivity index (χ1) is 8.24. The van der Waals surface area contributed by atoms with E-state index in [2.05, 4.69) is 10.2 Å². The lowest BCUT2D eigenvalue weighted by Crippen LogP contribution is -1.94. The molecular formula is C10H9ClN2O3S. The van der Waals surface area contributed by atoms with Crippen molar-refractivity contribution in [2.75, 3.05) is 5.94 Å². The number of nitrogens with zero attached hydrogens (tertiary/aromatic N) is 1. The maximum Gasteiger partial charge on any atom is 0.434 e. The molecule has 1 aromatic carbocycles. The molecule has 90 valence electrons. The molecule has 0 fully saturated rings. The smallest absolute Gasteiger partial charge is 0.434 e. The van der Waals surface area contributed by atoms with Gasteiger partial charge in [-0.05, 0) is 18.2 Å². The normalized spacial score (nSPS) is 10.4. The molecule has 17 heavy (non-hydrogen) atoms. The minimum absolute atomic E-state index is 0.356. The van der Waals surface area contributed by atoms with E-state index in [0.29, 0.717) is 28.4 Å². The number of aromatic nitrogens is 2. The molecule has 0 amide bonds. The fraction of sp³-hybridized carbons (Fsp3) is 0.200. The topological polar surface area (TPSA) is 68.1 Å². The molecule has 1 N–H and O–H groups in total. The van der Waals surface area contributed by atoms with Gasteiger partial charge in [-0.25, -0.2) is 9.89 Å². The van der Waals surface area contributed by atoms with Crippen molar-refractivity contribution in [1.29, 1.82) is 0 Å². The standard InChI is InChI=1S/C10H9ClN2O3S/c11-7-2-1-3-8(4-7)15-6-17-5-9-12-13-10(14)16-9/h1-4H,5-6H2,(H,13,14). The Morgan fingerprint density at radius 2 is 2.41 bits per heavy atom. The summed E-state index contributed by atoms with van der Waals surface area (Å²) in [5.74, 6) is 1.41. The van der Waals surface area contributed by atoms with Gasteiger partial charge in [-0.1, -0.05) is 17.7 Å². The summed E-state index contributed by atoms with van der Waals surface area (Å²) in [5, 5.41) is 6.49. The number of nitrogens with one attached hydrogen (secondary N) is 1. The van der Waals surface area contributed by atoms with Crippen LogP contribution in [0.1, 0.15) is 5.89 Å². The van der Waals surface area contributed by atoms with Gasteiger partial charge in [0.05, 0.1) is 5.75 Å². The molecule has 0 aliphatic carbocycles. The first-order valence-electron chi connectivity index (χ1n) is 4.74. The molecule has 1 heterocycles. The largest absolute Gasteiger partial charge is 0.483 e. The quantitative estimate of drug-likeness (QED) is 0.668. The minimum atomic E-state index is -0.545. The summed E-state index contributed by atoms with van der Waals surface area (Å²) >= 11 is 7.25. The summed E-state index contributed by atoms with van der Waals surface area (Å²) in [4.78, 5) is 10.6. The van der Waals surface area contributed by atoms with Crippen LogP contribution in [0.4, 0.5) is 0 Å². The van der Waals surface area contributed by atoms with Gasteiger partial charge in [-0.2, -0.15) is 0 Å². The SMILES string of the molecule is O=c1[nH]nc(CSCOc2cccc(Cl)c2)o1. The Bertz CT molecular complexity index is 540.